The summed E-state index contributed by atoms with van der Waals surface area (Å²) in [6.45, 7) is 7.61. The molecule has 0 unspecified atom stereocenters. The molecule has 0 aliphatic rings. The monoisotopic (exact) mass is 202 g/mol. The van der Waals surface area contributed by atoms with Crippen molar-refractivity contribution in [3.05, 3.63) is 0 Å². The molecule has 0 spiro atoms. The van der Waals surface area contributed by atoms with Crippen molar-refractivity contribution >= 4 is 5.91 Å². The fraction of sp³-hybridized carbons (Fsp3) is 0.900. The van der Waals surface area contributed by atoms with Gasteiger partial charge in [0.15, 0.2) is 0 Å². The van der Waals surface area contributed by atoms with E-state index in [0.717, 1.165) is 0 Å². The molecule has 0 rings (SSSR count). The van der Waals surface area contributed by atoms with E-state index in [4.69, 9.17) is 10.8 Å². The summed E-state index contributed by atoms with van der Waals surface area (Å²) >= 11 is 0. The SMILES string of the molecule is CC[C@H](CO)NC(=O)[C@H](N)C(C)(C)C. The van der Waals surface area contributed by atoms with E-state index in [2.05, 4.69) is 5.32 Å². The fourth-order valence-corrected chi connectivity index (χ4v) is 0.961. The van der Waals surface area contributed by atoms with Gasteiger partial charge < -0.3 is 16.2 Å². The average Bonchev–Trinajstić information content (AvgIpc) is 2.11. The second kappa shape index (κ2) is 5.32. The molecule has 0 saturated carbocycles. The van der Waals surface area contributed by atoms with E-state index in [0.29, 0.717) is 6.42 Å². The molecule has 4 nitrogen and oxygen atoms in total. The molecular formula is C10H22N2O2. The van der Waals surface area contributed by atoms with Gasteiger partial charge >= 0.3 is 0 Å². The predicted molar refractivity (Wildman–Crippen MR) is 56.7 cm³/mol. The van der Waals surface area contributed by atoms with E-state index in [1.54, 1.807) is 0 Å². The molecule has 2 atom stereocenters. The Hall–Kier alpha value is -0.610. The first-order valence-electron chi connectivity index (χ1n) is 4.99. The predicted octanol–water partition coefficient (Wildman–Crippen LogP) is 0.247. The maximum atomic E-state index is 11.6. The van der Waals surface area contributed by atoms with E-state index in [1.807, 2.05) is 27.7 Å². The molecule has 0 fully saturated rings. The van der Waals surface area contributed by atoms with Crippen LogP contribution < -0.4 is 11.1 Å². The van der Waals surface area contributed by atoms with E-state index >= 15 is 0 Å². The maximum absolute atomic E-state index is 11.6. The largest absolute Gasteiger partial charge is 0.394 e. The van der Waals surface area contributed by atoms with Crippen LogP contribution in [-0.4, -0.2) is 29.7 Å². The molecule has 0 aromatic rings. The van der Waals surface area contributed by atoms with Gasteiger partial charge in [0.25, 0.3) is 0 Å². The van der Waals surface area contributed by atoms with Crippen molar-refractivity contribution in [1.29, 1.82) is 0 Å². The zero-order valence-corrected chi connectivity index (χ0v) is 9.50. The molecule has 0 bridgehead atoms. The molecule has 0 aliphatic heterocycles. The number of nitrogens with one attached hydrogen (secondary N) is 1. The number of hydrogen-bond donors (Lipinski definition) is 3. The molecular weight excluding hydrogens is 180 g/mol. The quantitative estimate of drug-likeness (QED) is 0.611. The minimum atomic E-state index is -0.539. The molecule has 84 valence electrons. The Balaban J connectivity index is 4.21. The van der Waals surface area contributed by atoms with Crippen molar-refractivity contribution in [2.75, 3.05) is 6.61 Å². The summed E-state index contributed by atoms with van der Waals surface area (Å²) in [5.41, 5.74) is 5.51. The van der Waals surface area contributed by atoms with Gasteiger partial charge in [-0.15, -0.1) is 0 Å². The summed E-state index contributed by atoms with van der Waals surface area (Å²) in [5.74, 6) is -0.196. The first-order chi connectivity index (χ1) is 6.32. The summed E-state index contributed by atoms with van der Waals surface area (Å²) in [7, 11) is 0. The van der Waals surface area contributed by atoms with Crippen LogP contribution in [0.25, 0.3) is 0 Å². The first kappa shape index (κ1) is 13.4. The lowest BCUT2D eigenvalue weighted by molar-refractivity contribution is -0.125. The van der Waals surface area contributed by atoms with Crippen LogP contribution in [0.15, 0.2) is 0 Å². The second-order valence-electron chi connectivity index (χ2n) is 4.64. The van der Waals surface area contributed by atoms with E-state index in [9.17, 15) is 4.79 Å². The Bertz CT molecular complexity index is 183. The van der Waals surface area contributed by atoms with Crippen LogP contribution in [-0.2, 0) is 4.79 Å². The molecule has 1 amide bonds. The van der Waals surface area contributed by atoms with Gasteiger partial charge in [0.2, 0.25) is 5.91 Å². The summed E-state index contributed by atoms with van der Waals surface area (Å²) in [6.07, 6.45) is 0.707. The third-order valence-electron chi connectivity index (χ3n) is 2.28. The Morgan fingerprint density at radius 1 is 1.50 bits per heavy atom. The number of rotatable bonds is 4. The van der Waals surface area contributed by atoms with Crippen molar-refractivity contribution in [2.45, 2.75) is 46.2 Å². The number of aliphatic hydroxyl groups is 1. The summed E-state index contributed by atoms with van der Waals surface area (Å²) in [6, 6.07) is -0.723. The van der Waals surface area contributed by atoms with Gasteiger partial charge in [0.05, 0.1) is 18.7 Å². The third kappa shape index (κ3) is 4.07. The molecule has 14 heavy (non-hydrogen) atoms. The smallest absolute Gasteiger partial charge is 0.237 e. The van der Waals surface area contributed by atoms with Crippen molar-refractivity contribution in [1.82, 2.24) is 5.32 Å². The second-order valence-corrected chi connectivity index (χ2v) is 4.64. The van der Waals surface area contributed by atoms with Gasteiger partial charge in [0.1, 0.15) is 0 Å². The molecule has 0 aromatic carbocycles. The van der Waals surface area contributed by atoms with Gasteiger partial charge in [-0.25, -0.2) is 0 Å². The van der Waals surface area contributed by atoms with Crippen LogP contribution in [0.3, 0.4) is 0 Å². The van der Waals surface area contributed by atoms with Crippen LogP contribution in [0.5, 0.6) is 0 Å². The fourth-order valence-electron chi connectivity index (χ4n) is 0.961. The van der Waals surface area contributed by atoms with Gasteiger partial charge in [-0.05, 0) is 11.8 Å². The Labute approximate surface area is 85.9 Å². The number of nitrogens with two attached hydrogens (primary N) is 1. The zero-order chi connectivity index (χ0) is 11.4. The van der Waals surface area contributed by atoms with Crippen LogP contribution >= 0.6 is 0 Å². The lowest BCUT2D eigenvalue weighted by Crippen LogP contribution is -2.52. The lowest BCUT2D eigenvalue weighted by atomic mass is 9.87. The molecule has 0 aromatic heterocycles. The van der Waals surface area contributed by atoms with Crippen molar-refractivity contribution in [3.63, 3.8) is 0 Å². The number of carbonyl (C=O) groups is 1. The number of aliphatic hydroxyl groups excluding tert-OH is 1. The average molecular weight is 202 g/mol. The molecule has 4 heteroatoms. The van der Waals surface area contributed by atoms with Gasteiger partial charge in [-0.1, -0.05) is 27.7 Å². The van der Waals surface area contributed by atoms with Crippen LogP contribution in [0.4, 0.5) is 0 Å². The maximum Gasteiger partial charge on any atom is 0.237 e. The van der Waals surface area contributed by atoms with E-state index in [1.165, 1.54) is 0 Å². The highest BCUT2D eigenvalue weighted by molar-refractivity contribution is 5.82. The Morgan fingerprint density at radius 2 is 2.00 bits per heavy atom. The summed E-state index contributed by atoms with van der Waals surface area (Å²) < 4.78 is 0. The van der Waals surface area contributed by atoms with E-state index < -0.39 is 6.04 Å². The third-order valence-corrected chi connectivity index (χ3v) is 2.28. The standard InChI is InChI=1S/C10H22N2O2/c1-5-7(6-13)12-9(14)8(11)10(2,3)4/h7-8,13H,5-6,11H2,1-4H3,(H,12,14)/t7-,8+/m1/s1. The van der Waals surface area contributed by atoms with Crippen molar-refractivity contribution < 1.29 is 9.90 Å². The van der Waals surface area contributed by atoms with Gasteiger partial charge in [-0.3, -0.25) is 4.79 Å². The zero-order valence-electron chi connectivity index (χ0n) is 9.50. The normalized spacial score (nSPS) is 16.1. The first-order valence-corrected chi connectivity index (χ1v) is 4.99. The van der Waals surface area contributed by atoms with Crippen LogP contribution in [0.1, 0.15) is 34.1 Å². The van der Waals surface area contributed by atoms with Crippen molar-refractivity contribution in [3.8, 4) is 0 Å². The highest BCUT2D eigenvalue weighted by atomic mass is 16.3. The molecule has 0 heterocycles. The van der Waals surface area contributed by atoms with Crippen molar-refractivity contribution in [2.24, 2.45) is 11.1 Å². The Kier molecular flexibility index (Phi) is 5.08. The lowest BCUT2D eigenvalue weighted by Gasteiger charge is -2.27. The molecule has 0 radical (unpaired) electrons. The highest BCUT2D eigenvalue weighted by Gasteiger charge is 2.28. The van der Waals surface area contributed by atoms with E-state index in [-0.39, 0.29) is 24.0 Å². The van der Waals surface area contributed by atoms with Crippen LogP contribution in [0.2, 0.25) is 0 Å². The minimum absolute atomic E-state index is 0.0426. The highest BCUT2D eigenvalue weighted by Crippen LogP contribution is 2.17. The van der Waals surface area contributed by atoms with Gasteiger partial charge in [-0.2, -0.15) is 0 Å². The molecule has 0 saturated heterocycles. The topological polar surface area (TPSA) is 75.3 Å². The number of carbonyl (C=O) groups excluding carboxylic acids is 1. The Morgan fingerprint density at radius 3 is 2.29 bits per heavy atom. The molecule has 4 N–H and O–H groups in total. The van der Waals surface area contributed by atoms with Gasteiger partial charge in [0, 0.05) is 0 Å². The summed E-state index contributed by atoms with van der Waals surface area (Å²) in [4.78, 5) is 11.6. The number of amides is 1. The molecule has 0 aliphatic carbocycles. The minimum Gasteiger partial charge on any atom is -0.394 e. The summed E-state index contributed by atoms with van der Waals surface area (Å²) in [5, 5.41) is 11.6. The van der Waals surface area contributed by atoms with Crippen LogP contribution in [0, 0.1) is 5.41 Å². The number of hydrogen-bond acceptors (Lipinski definition) is 3.